The molecule has 1 amide bonds. The Balaban J connectivity index is 0.00000264. The molecule has 0 aliphatic carbocycles. The van der Waals surface area contributed by atoms with Gasteiger partial charge in [-0.05, 0) is 19.8 Å². The van der Waals surface area contributed by atoms with Gasteiger partial charge in [0.05, 0.1) is 12.4 Å². The number of anilines is 1. The van der Waals surface area contributed by atoms with Gasteiger partial charge >= 0.3 is 5.97 Å². The number of rotatable bonds is 6. The molecule has 1 aromatic heterocycles. The Kier molecular flexibility index (Phi) is 8.20. The van der Waals surface area contributed by atoms with Crippen LogP contribution in [0.3, 0.4) is 0 Å². The number of ether oxygens (including phenoxy) is 2. The number of nitrogens with one attached hydrogen (secondary N) is 1. The van der Waals surface area contributed by atoms with E-state index in [4.69, 9.17) is 15.2 Å². The van der Waals surface area contributed by atoms with Gasteiger partial charge in [0.2, 0.25) is 11.0 Å². The standard InChI is InChI=1S/C12H18N4O4S2.ClH/c1-2-20-8(17)7-21-11-16-15-10(22-11)14-9(18)12(13)3-5-19-6-4-12;/h2-7,13H2,1H3,(H,14,15,18);1H. The van der Waals surface area contributed by atoms with Crippen molar-refractivity contribution in [1.82, 2.24) is 10.2 Å². The number of carbonyl (C=O) groups is 2. The Morgan fingerprint density at radius 1 is 1.43 bits per heavy atom. The van der Waals surface area contributed by atoms with Gasteiger partial charge in [0.15, 0.2) is 4.34 Å². The SMILES string of the molecule is CCOC(=O)CSc1nnc(NC(=O)C2(N)CCOCC2)s1.Cl. The Hall–Kier alpha value is -0.940. The zero-order valence-corrected chi connectivity index (χ0v) is 15.0. The Labute approximate surface area is 148 Å². The van der Waals surface area contributed by atoms with Crippen LogP contribution in [0.25, 0.3) is 0 Å². The molecule has 1 aromatic rings. The summed E-state index contributed by atoms with van der Waals surface area (Å²) in [4.78, 5) is 23.5. The van der Waals surface area contributed by atoms with E-state index in [9.17, 15) is 9.59 Å². The van der Waals surface area contributed by atoms with Gasteiger partial charge in [0.25, 0.3) is 0 Å². The number of hydrogen-bond donors (Lipinski definition) is 2. The molecular weight excluding hydrogens is 364 g/mol. The molecule has 0 radical (unpaired) electrons. The number of aromatic nitrogens is 2. The molecule has 3 N–H and O–H groups in total. The van der Waals surface area contributed by atoms with Crippen molar-refractivity contribution in [2.24, 2.45) is 5.73 Å². The number of carbonyl (C=O) groups excluding carboxylic acids is 2. The van der Waals surface area contributed by atoms with Crippen LogP contribution in [0.1, 0.15) is 19.8 Å². The molecule has 23 heavy (non-hydrogen) atoms. The third-order valence-electron chi connectivity index (χ3n) is 3.08. The van der Waals surface area contributed by atoms with Gasteiger partial charge in [-0.1, -0.05) is 23.1 Å². The highest BCUT2D eigenvalue weighted by molar-refractivity contribution is 8.01. The second-order valence-corrected chi connectivity index (χ2v) is 6.89. The smallest absolute Gasteiger partial charge is 0.316 e. The van der Waals surface area contributed by atoms with Crippen LogP contribution < -0.4 is 11.1 Å². The van der Waals surface area contributed by atoms with Crippen molar-refractivity contribution in [2.45, 2.75) is 29.6 Å². The first kappa shape index (κ1) is 20.1. The van der Waals surface area contributed by atoms with E-state index < -0.39 is 5.54 Å². The fourth-order valence-electron chi connectivity index (χ4n) is 1.83. The molecule has 130 valence electrons. The van der Waals surface area contributed by atoms with Crippen LogP contribution in [0.4, 0.5) is 5.13 Å². The molecular formula is C12H19ClN4O4S2. The average Bonchev–Trinajstić information content (AvgIpc) is 2.94. The van der Waals surface area contributed by atoms with E-state index in [1.807, 2.05) is 0 Å². The minimum Gasteiger partial charge on any atom is -0.465 e. The second kappa shape index (κ2) is 9.38. The van der Waals surface area contributed by atoms with Crippen LogP contribution in [0, 0.1) is 0 Å². The maximum atomic E-state index is 12.2. The third-order valence-corrected chi connectivity index (χ3v) is 5.03. The first-order valence-electron chi connectivity index (χ1n) is 6.83. The third kappa shape index (κ3) is 5.88. The van der Waals surface area contributed by atoms with Crippen LogP contribution in [0.2, 0.25) is 0 Å². The van der Waals surface area contributed by atoms with Gasteiger partial charge < -0.3 is 15.2 Å². The van der Waals surface area contributed by atoms with Gasteiger partial charge in [-0.2, -0.15) is 0 Å². The first-order valence-corrected chi connectivity index (χ1v) is 8.64. The zero-order chi connectivity index (χ0) is 16.0. The minimum atomic E-state index is -0.928. The van der Waals surface area contributed by atoms with E-state index in [-0.39, 0.29) is 30.0 Å². The van der Waals surface area contributed by atoms with Crippen molar-refractivity contribution >= 4 is 52.5 Å². The molecule has 0 atom stereocenters. The summed E-state index contributed by atoms with van der Waals surface area (Å²) in [7, 11) is 0. The summed E-state index contributed by atoms with van der Waals surface area (Å²) in [5, 5.41) is 10.8. The number of esters is 1. The molecule has 0 bridgehead atoms. The number of amides is 1. The van der Waals surface area contributed by atoms with Crippen LogP contribution in [-0.2, 0) is 19.1 Å². The summed E-state index contributed by atoms with van der Waals surface area (Å²) in [6, 6.07) is 0. The number of halogens is 1. The van der Waals surface area contributed by atoms with E-state index in [0.29, 0.717) is 42.1 Å². The highest BCUT2D eigenvalue weighted by Gasteiger charge is 2.36. The summed E-state index contributed by atoms with van der Waals surface area (Å²) in [6.45, 7) is 3.04. The molecule has 2 heterocycles. The predicted octanol–water partition coefficient (Wildman–Crippen LogP) is 1.06. The molecule has 1 fully saturated rings. The first-order chi connectivity index (χ1) is 10.5. The quantitative estimate of drug-likeness (QED) is 0.426. The van der Waals surface area contributed by atoms with Crippen molar-refractivity contribution in [3.8, 4) is 0 Å². The van der Waals surface area contributed by atoms with Gasteiger partial charge in [-0.25, -0.2) is 0 Å². The number of nitrogens with two attached hydrogens (primary N) is 1. The molecule has 2 rings (SSSR count). The summed E-state index contributed by atoms with van der Waals surface area (Å²) < 4.78 is 10.6. The fraction of sp³-hybridized carbons (Fsp3) is 0.667. The van der Waals surface area contributed by atoms with E-state index in [1.54, 1.807) is 6.92 Å². The molecule has 8 nitrogen and oxygen atoms in total. The van der Waals surface area contributed by atoms with Gasteiger partial charge in [-0.15, -0.1) is 22.6 Å². The number of hydrogen-bond acceptors (Lipinski definition) is 9. The predicted molar refractivity (Wildman–Crippen MR) is 90.1 cm³/mol. The van der Waals surface area contributed by atoms with Crippen molar-refractivity contribution in [2.75, 3.05) is 30.9 Å². The maximum Gasteiger partial charge on any atom is 0.316 e. The van der Waals surface area contributed by atoms with E-state index in [2.05, 4.69) is 15.5 Å². The topological polar surface area (TPSA) is 116 Å². The molecule has 11 heteroatoms. The van der Waals surface area contributed by atoms with Crippen LogP contribution in [-0.4, -0.2) is 53.2 Å². The number of thioether (sulfide) groups is 1. The van der Waals surface area contributed by atoms with Gasteiger partial charge in [0, 0.05) is 13.2 Å². The molecule has 0 spiro atoms. The van der Waals surface area contributed by atoms with Crippen LogP contribution in [0.15, 0.2) is 4.34 Å². The van der Waals surface area contributed by atoms with Crippen molar-refractivity contribution in [1.29, 1.82) is 0 Å². The van der Waals surface area contributed by atoms with Crippen molar-refractivity contribution in [3.05, 3.63) is 0 Å². The highest BCUT2D eigenvalue weighted by Crippen LogP contribution is 2.27. The lowest BCUT2D eigenvalue weighted by molar-refractivity contribution is -0.139. The fourth-order valence-corrected chi connectivity index (χ4v) is 3.37. The normalized spacial score (nSPS) is 16.3. The zero-order valence-electron chi connectivity index (χ0n) is 12.6. The number of nitrogens with zero attached hydrogens (tertiary/aromatic N) is 2. The summed E-state index contributed by atoms with van der Waals surface area (Å²) in [5.74, 6) is -0.431. The summed E-state index contributed by atoms with van der Waals surface area (Å²) in [6.07, 6.45) is 0.949. The highest BCUT2D eigenvalue weighted by atomic mass is 35.5. The van der Waals surface area contributed by atoms with Crippen LogP contribution >= 0.6 is 35.5 Å². The van der Waals surface area contributed by atoms with Gasteiger partial charge in [0.1, 0.15) is 5.54 Å². The largest absolute Gasteiger partial charge is 0.465 e. The Morgan fingerprint density at radius 2 is 2.13 bits per heavy atom. The lowest BCUT2D eigenvalue weighted by Crippen LogP contribution is -2.54. The van der Waals surface area contributed by atoms with Crippen molar-refractivity contribution < 1.29 is 19.1 Å². The second-order valence-electron chi connectivity index (χ2n) is 4.69. The van der Waals surface area contributed by atoms with Gasteiger partial charge in [-0.3, -0.25) is 14.9 Å². The van der Waals surface area contributed by atoms with E-state index in [1.165, 1.54) is 23.1 Å². The Morgan fingerprint density at radius 3 is 2.78 bits per heavy atom. The minimum absolute atomic E-state index is 0. The average molecular weight is 383 g/mol. The van der Waals surface area contributed by atoms with Crippen LogP contribution in [0.5, 0.6) is 0 Å². The maximum absolute atomic E-state index is 12.2. The van der Waals surface area contributed by atoms with E-state index in [0.717, 1.165) is 0 Å². The molecule has 0 saturated carbocycles. The summed E-state index contributed by atoms with van der Waals surface area (Å²) in [5.41, 5.74) is 5.16. The van der Waals surface area contributed by atoms with E-state index >= 15 is 0 Å². The summed E-state index contributed by atoms with van der Waals surface area (Å²) >= 11 is 2.42. The lowest BCUT2D eigenvalue weighted by atomic mass is 9.90. The van der Waals surface area contributed by atoms with Crippen molar-refractivity contribution in [3.63, 3.8) is 0 Å². The molecule has 1 saturated heterocycles. The Bertz CT molecular complexity index is 537. The lowest BCUT2D eigenvalue weighted by Gasteiger charge is -2.31. The monoisotopic (exact) mass is 382 g/mol. The molecule has 1 aliphatic heterocycles. The molecule has 0 aromatic carbocycles. The molecule has 0 unspecified atom stereocenters. The molecule has 1 aliphatic rings.